The van der Waals surface area contributed by atoms with Crippen molar-refractivity contribution < 1.29 is 28.6 Å². The molecule has 0 heterocycles. The predicted octanol–water partition coefficient (Wildman–Crippen LogP) is 22.5. The number of unbranched alkanes of at least 4 members (excludes halogenated alkanes) is 25. The molecule has 0 aromatic carbocycles. The van der Waals surface area contributed by atoms with Crippen molar-refractivity contribution in [2.75, 3.05) is 13.2 Å². The lowest BCUT2D eigenvalue weighted by Crippen LogP contribution is -2.30. The smallest absolute Gasteiger partial charge is 0.306 e. The van der Waals surface area contributed by atoms with Crippen LogP contribution in [0.1, 0.15) is 290 Å². The average molecular weight is 1090 g/mol. The van der Waals surface area contributed by atoms with E-state index in [9.17, 15) is 14.4 Å². The summed E-state index contributed by atoms with van der Waals surface area (Å²) in [6.07, 6.45) is 93.3. The first-order valence-corrected chi connectivity index (χ1v) is 32.7. The monoisotopic (exact) mass is 1090 g/mol. The quantitative estimate of drug-likeness (QED) is 0.0261. The van der Waals surface area contributed by atoms with Crippen molar-refractivity contribution in [2.45, 2.75) is 297 Å². The van der Waals surface area contributed by atoms with Gasteiger partial charge in [0.1, 0.15) is 13.2 Å². The van der Waals surface area contributed by atoms with Crippen LogP contribution in [0.25, 0.3) is 0 Å². The molecular weight excluding hydrogens is 973 g/mol. The molecule has 1 atom stereocenters. The van der Waals surface area contributed by atoms with Crippen molar-refractivity contribution in [3.8, 4) is 0 Å². The molecule has 79 heavy (non-hydrogen) atoms. The lowest BCUT2D eigenvalue weighted by molar-refractivity contribution is -0.167. The molecule has 0 fully saturated rings. The Bertz CT molecular complexity index is 1680. The molecule has 448 valence electrons. The van der Waals surface area contributed by atoms with Gasteiger partial charge in [-0.15, -0.1) is 0 Å². The summed E-state index contributed by atoms with van der Waals surface area (Å²) < 4.78 is 16.9. The second kappa shape index (κ2) is 66.1. The highest BCUT2D eigenvalue weighted by Gasteiger charge is 2.19. The minimum absolute atomic E-state index is 0.115. The SMILES string of the molecule is CC/C=C\C/C=C\C/C=C\C/C=C\C/C=C\C/C=C\CCCCC(=O)OC(COC(=O)CCC/C=C\C/C=C\C/C=C\C/C=C\C/C=C\CC)COC(=O)CCCCCCCCCCCCCCCCCCCCCCCCC. The number of esters is 3. The second-order valence-corrected chi connectivity index (χ2v) is 21.3. The summed E-state index contributed by atoms with van der Waals surface area (Å²) in [4.78, 5) is 38.3. The highest BCUT2D eigenvalue weighted by molar-refractivity contribution is 5.71. The van der Waals surface area contributed by atoms with Crippen LogP contribution in [-0.4, -0.2) is 37.2 Å². The van der Waals surface area contributed by atoms with Gasteiger partial charge >= 0.3 is 17.9 Å². The van der Waals surface area contributed by atoms with Gasteiger partial charge < -0.3 is 14.2 Å². The normalized spacial score (nSPS) is 13.0. The van der Waals surface area contributed by atoms with Crippen LogP contribution in [0.15, 0.2) is 134 Å². The summed E-state index contributed by atoms with van der Waals surface area (Å²) in [6, 6.07) is 0. The van der Waals surface area contributed by atoms with E-state index >= 15 is 0 Å². The van der Waals surface area contributed by atoms with Crippen LogP contribution in [0.5, 0.6) is 0 Å². The van der Waals surface area contributed by atoms with Crippen molar-refractivity contribution >= 4 is 17.9 Å². The van der Waals surface area contributed by atoms with Crippen LogP contribution in [-0.2, 0) is 28.6 Å². The Kier molecular flexibility index (Phi) is 62.3. The average Bonchev–Trinajstić information content (AvgIpc) is 3.45. The minimum Gasteiger partial charge on any atom is -0.462 e. The van der Waals surface area contributed by atoms with Gasteiger partial charge in [-0.05, 0) is 109 Å². The summed E-state index contributed by atoms with van der Waals surface area (Å²) in [5.74, 6) is -1.02. The number of allylic oxidation sites excluding steroid dienone is 22. The molecule has 0 radical (unpaired) electrons. The molecule has 0 spiro atoms. The molecule has 0 saturated carbocycles. The van der Waals surface area contributed by atoms with Gasteiger partial charge in [-0.25, -0.2) is 0 Å². The number of carbonyl (C=O) groups excluding carboxylic acids is 3. The molecule has 0 amide bonds. The van der Waals surface area contributed by atoms with Crippen molar-refractivity contribution in [1.82, 2.24) is 0 Å². The van der Waals surface area contributed by atoms with Crippen LogP contribution >= 0.6 is 0 Å². The van der Waals surface area contributed by atoms with Crippen LogP contribution in [0.4, 0.5) is 0 Å². The summed E-state index contributed by atoms with van der Waals surface area (Å²) in [6.45, 7) is 6.35. The molecular formula is C73H120O6. The van der Waals surface area contributed by atoms with E-state index in [1.54, 1.807) is 0 Å². The van der Waals surface area contributed by atoms with E-state index in [1.807, 2.05) is 0 Å². The first kappa shape index (κ1) is 74.5. The van der Waals surface area contributed by atoms with E-state index in [2.05, 4.69) is 154 Å². The van der Waals surface area contributed by atoms with Gasteiger partial charge in [0.05, 0.1) is 0 Å². The Morgan fingerprint density at radius 1 is 0.266 bits per heavy atom. The maximum absolute atomic E-state index is 12.9. The molecule has 0 aliphatic rings. The Balaban J connectivity index is 4.50. The van der Waals surface area contributed by atoms with E-state index in [4.69, 9.17) is 14.2 Å². The topological polar surface area (TPSA) is 78.9 Å². The largest absolute Gasteiger partial charge is 0.462 e. The highest BCUT2D eigenvalue weighted by atomic mass is 16.6. The summed E-state index contributed by atoms with van der Waals surface area (Å²) in [7, 11) is 0. The van der Waals surface area contributed by atoms with Crippen LogP contribution in [0.2, 0.25) is 0 Å². The molecule has 6 heteroatoms. The Morgan fingerprint density at radius 2 is 0.506 bits per heavy atom. The lowest BCUT2D eigenvalue weighted by Gasteiger charge is -2.18. The van der Waals surface area contributed by atoms with Crippen molar-refractivity contribution in [1.29, 1.82) is 0 Å². The first-order valence-electron chi connectivity index (χ1n) is 32.7. The fraction of sp³-hybridized carbons (Fsp3) is 0.658. The predicted molar refractivity (Wildman–Crippen MR) is 343 cm³/mol. The van der Waals surface area contributed by atoms with Crippen LogP contribution in [0.3, 0.4) is 0 Å². The fourth-order valence-electron chi connectivity index (χ4n) is 8.84. The van der Waals surface area contributed by atoms with Gasteiger partial charge in [0.15, 0.2) is 6.10 Å². The summed E-state index contributed by atoms with van der Waals surface area (Å²) >= 11 is 0. The Morgan fingerprint density at radius 3 is 0.823 bits per heavy atom. The molecule has 0 aliphatic heterocycles. The van der Waals surface area contributed by atoms with Crippen molar-refractivity contribution in [3.05, 3.63) is 134 Å². The molecule has 6 nitrogen and oxygen atoms in total. The second-order valence-electron chi connectivity index (χ2n) is 21.3. The van der Waals surface area contributed by atoms with E-state index < -0.39 is 6.10 Å². The highest BCUT2D eigenvalue weighted by Crippen LogP contribution is 2.17. The molecule has 0 aliphatic carbocycles. The molecule has 0 N–H and O–H groups in total. The van der Waals surface area contributed by atoms with Gasteiger partial charge in [-0.1, -0.05) is 296 Å². The fourth-order valence-corrected chi connectivity index (χ4v) is 8.84. The van der Waals surface area contributed by atoms with Crippen molar-refractivity contribution in [2.24, 2.45) is 0 Å². The van der Waals surface area contributed by atoms with E-state index in [-0.39, 0.29) is 44.0 Å². The van der Waals surface area contributed by atoms with Crippen LogP contribution in [0, 0.1) is 0 Å². The van der Waals surface area contributed by atoms with E-state index in [1.165, 1.54) is 128 Å². The number of ether oxygens (including phenoxy) is 3. The maximum Gasteiger partial charge on any atom is 0.306 e. The first-order chi connectivity index (χ1) is 39.0. The van der Waals surface area contributed by atoms with E-state index in [0.717, 1.165) is 109 Å². The lowest BCUT2D eigenvalue weighted by atomic mass is 10.0. The summed E-state index contributed by atoms with van der Waals surface area (Å²) in [5, 5.41) is 0. The number of hydrogen-bond acceptors (Lipinski definition) is 6. The van der Waals surface area contributed by atoms with Gasteiger partial charge in [-0.3, -0.25) is 14.4 Å². The van der Waals surface area contributed by atoms with Gasteiger partial charge in [0, 0.05) is 19.3 Å². The number of hydrogen-bond donors (Lipinski definition) is 0. The Labute approximate surface area is 487 Å². The van der Waals surface area contributed by atoms with Gasteiger partial charge in [-0.2, -0.15) is 0 Å². The van der Waals surface area contributed by atoms with Crippen molar-refractivity contribution in [3.63, 3.8) is 0 Å². The zero-order valence-electron chi connectivity index (χ0n) is 51.3. The molecule has 0 aromatic heterocycles. The van der Waals surface area contributed by atoms with Gasteiger partial charge in [0.25, 0.3) is 0 Å². The standard InChI is InChI=1S/C73H120O6/c1-4-7-10-13-16-19-22-25-28-31-33-35-36-38-39-42-45-48-51-54-57-60-63-66-72(75)78-69-70(68-77-71(74)65-62-59-56-53-50-47-44-41-30-27-24-21-18-15-12-9-6-3)79-73(76)67-64-61-58-55-52-49-46-43-40-37-34-32-29-26-23-20-17-14-11-8-5-2/h8-9,11-12,17-18,20-21,26-27,29-30,34,37,43-44,46-47,52-53,55-56,70H,4-7,10,13-16,19,22-25,28,31-33,35-36,38-42,45,48-51,54,57-69H2,1-3H3/b11-8-,12-9-,20-17-,21-18-,29-26-,30-27-,37-34-,46-43-,47-44-,55-52-,56-53-. The molecule has 1 unspecified atom stereocenters. The molecule has 0 rings (SSSR count). The molecule has 0 aromatic rings. The number of rotatable bonds is 58. The third-order valence-corrected chi connectivity index (χ3v) is 13.7. The molecule has 0 bridgehead atoms. The Hall–Kier alpha value is -4.45. The molecule has 0 saturated heterocycles. The maximum atomic E-state index is 12.9. The zero-order chi connectivity index (χ0) is 57.1. The van der Waals surface area contributed by atoms with Crippen LogP contribution < -0.4 is 0 Å². The van der Waals surface area contributed by atoms with E-state index in [0.29, 0.717) is 19.3 Å². The third kappa shape index (κ3) is 64.3. The minimum atomic E-state index is -0.830. The number of carbonyl (C=O) groups is 3. The van der Waals surface area contributed by atoms with Gasteiger partial charge in [0.2, 0.25) is 0 Å². The third-order valence-electron chi connectivity index (χ3n) is 13.7. The zero-order valence-corrected chi connectivity index (χ0v) is 51.3. The summed E-state index contributed by atoms with van der Waals surface area (Å²) in [5.41, 5.74) is 0.